The van der Waals surface area contributed by atoms with E-state index in [4.69, 9.17) is 14.9 Å². The molecule has 0 aliphatic carbocycles. The Hall–Kier alpha value is -2.41. The number of carbonyl (C=O) groups is 1. The molecule has 6 nitrogen and oxygen atoms in total. The number of hydrogen-bond donors (Lipinski definition) is 2. The third kappa shape index (κ3) is 2.71. The van der Waals surface area contributed by atoms with Crippen LogP contribution in [0.5, 0.6) is 5.75 Å². The van der Waals surface area contributed by atoms with Crippen molar-refractivity contribution < 1.29 is 18.3 Å². The van der Waals surface area contributed by atoms with Crippen molar-refractivity contribution in [1.82, 2.24) is 4.98 Å². The minimum Gasteiger partial charge on any atom is -0.496 e. The Labute approximate surface area is 108 Å². The van der Waals surface area contributed by atoms with Gasteiger partial charge in [-0.3, -0.25) is 4.79 Å². The Morgan fingerprint density at radius 2 is 2.37 bits per heavy atom. The van der Waals surface area contributed by atoms with Gasteiger partial charge in [-0.15, -0.1) is 0 Å². The normalized spacial score (nSPS) is 10.3. The van der Waals surface area contributed by atoms with Gasteiger partial charge in [-0.1, -0.05) is 0 Å². The lowest BCUT2D eigenvalue weighted by molar-refractivity contribution is -0.114. The second kappa shape index (κ2) is 5.49. The van der Waals surface area contributed by atoms with E-state index in [1.807, 2.05) is 0 Å². The van der Waals surface area contributed by atoms with Gasteiger partial charge in [0.2, 0.25) is 5.91 Å². The maximum absolute atomic E-state index is 13.9. The minimum atomic E-state index is -0.617. The standard InChI is InChI=1S/C12H12FN3O3/c1-18-10-3-9(16-12(17)4-14)8(13)2-7(10)11-5-15-6-19-11/h2-3,5-6H,4,14H2,1H3,(H,16,17). The van der Waals surface area contributed by atoms with E-state index in [9.17, 15) is 9.18 Å². The van der Waals surface area contributed by atoms with Crippen molar-refractivity contribution in [1.29, 1.82) is 0 Å². The number of halogens is 1. The average molecular weight is 265 g/mol. The first kappa shape index (κ1) is 13.0. The van der Waals surface area contributed by atoms with Gasteiger partial charge in [-0.25, -0.2) is 9.37 Å². The molecule has 1 aromatic carbocycles. The van der Waals surface area contributed by atoms with Crippen LogP contribution in [0.2, 0.25) is 0 Å². The molecule has 100 valence electrons. The molecule has 19 heavy (non-hydrogen) atoms. The molecule has 2 aromatic rings. The predicted octanol–water partition coefficient (Wildman–Crippen LogP) is 1.39. The van der Waals surface area contributed by atoms with E-state index in [2.05, 4.69) is 10.3 Å². The number of carbonyl (C=O) groups excluding carboxylic acids is 1. The predicted molar refractivity (Wildman–Crippen MR) is 66.1 cm³/mol. The van der Waals surface area contributed by atoms with Crippen LogP contribution >= 0.6 is 0 Å². The number of nitrogens with one attached hydrogen (secondary N) is 1. The van der Waals surface area contributed by atoms with Crippen molar-refractivity contribution in [3.8, 4) is 17.1 Å². The van der Waals surface area contributed by atoms with E-state index >= 15 is 0 Å². The zero-order valence-corrected chi connectivity index (χ0v) is 10.1. The monoisotopic (exact) mass is 265 g/mol. The van der Waals surface area contributed by atoms with Crippen molar-refractivity contribution in [3.63, 3.8) is 0 Å². The first-order valence-corrected chi connectivity index (χ1v) is 5.42. The van der Waals surface area contributed by atoms with Crippen LogP contribution < -0.4 is 15.8 Å². The highest BCUT2D eigenvalue weighted by atomic mass is 19.1. The fourth-order valence-electron chi connectivity index (χ4n) is 1.56. The number of benzene rings is 1. The molecule has 0 saturated heterocycles. The molecule has 0 radical (unpaired) electrons. The second-order valence-corrected chi connectivity index (χ2v) is 3.65. The summed E-state index contributed by atoms with van der Waals surface area (Å²) in [6, 6.07) is 2.56. The van der Waals surface area contributed by atoms with Gasteiger partial charge >= 0.3 is 0 Å². The van der Waals surface area contributed by atoms with E-state index in [-0.39, 0.29) is 12.2 Å². The number of methoxy groups -OCH3 is 1. The highest BCUT2D eigenvalue weighted by molar-refractivity contribution is 5.93. The summed E-state index contributed by atoms with van der Waals surface area (Å²) >= 11 is 0. The number of anilines is 1. The number of aromatic nitrogens is 1. The van der Waals surface area contributed by atoms with Crippen LogP contribution in [0, 0.1) is 5.82 Å². The molecule has 0 aliphatic rings. The number of ether oxygens (including phenoxy) is 1. The summed E-state index contributed by atoms with van der Waals surface area (Å²) in [7, 11) is 1.43. The Morgan fingerprint density at radius 3 is 2.95 bits per heavy atom. The fourth-order valence-corrected chi connectivity index (χ4v) is 1.56. The average Bonchev–Trinajstić information content (AvgIpc) is 2.94. The molecule has 0 saturated carbocycles. The smallest absolute Gasteiger partial charge is 0.238 e. The fraction of sp³-hybridized carbons (Fsp3) is 0.167. The summed E-state index contributed by atoms with van der Waals surface area (Å²) in [6.07, 6.45) is 2.67. The molecule has 2 rings (SSSR count). The van der Waals surface area contributed by atoms with Gasteiger partial charge in [-0.05, 0) is 6.07 Å². The molecule has 0 atom stereocenters. The van der Waals surface area contributed by atoms with Crippen molar-refractivity contribution in [2.45, 2.75) is 0 Å². The van der Waals surface area contributed by atoms with Gasteiger partial charge in [0.05, 0.1) is 31.1 Å². The van der Waals surface area contributed by atoms with Crippen LogP contribution in [0.3, 0.4) is 0 Å². The molecule has 7 heteroatoms. The molecular formula is C12H12FN3O3. The first-order valence-electron chi connectivity index (χ1n) is 5.42. The maximum atomic E-state index is 13.9. The number of oxazole rings is 1. The highest BCUT2D eigenvalue weighted by Gasteiger charge is 2.15. The molecular weight excluding hydrogens is 253 g/mol. The lowest BCUT2D eigenvalue weighted by atomic mass is 10.1. The SMILES string of the molecule is COc1cc(NC(=O)CN)c(F)cc1-c1cnco1. The minimum absolute atomic E-state index is 0.00411. The van der Waals surface area contributed by atoms with Gasteiger partial charge in [0.1, 0.15) is 11.6 Å². The molecule has 0 spiro atoms. The van der Waals surface area contributed by atoms with Gasteiger partial charge in [-0.2, -0.15) is 0 Å². The summed E-state index contributed by atoms with van der Waals surface area (Å²) in [5, 5.41) is 2.34. The number of amides is 1. The quantitative estimate of drug-likeness (QED) is 0.871. The maximum Gasteiger partial charge on any atom is 0.238 e. The van der Waals surface area contributed by atoms with E-state index in [0.29, 0.717) is 17.1 Å². The van der Waals surface area contributed by atoms with E-state index in [0.717, 1.165) is 0 Å². The molecule has 0 bridgehead atoms. The molecule has 1 aromatic heterocycles. The molecule has 0 fully saturated rings. The van der Waals surface area contributed by atoms with Crippen LogP contribution in [0.1, 0.15) is 0 Å². The third-order valence-corrected chi connectivity index (χ3v) is 2.45. The summed E-state index contributed by atoms with van der Waals surface area (Å²) in [6.45, 7) is -0.231. The summed E-state index contributed by atoms with van der Waals surface area (Å²) in [5.41, 5.74) is 5.56. The highest BCUT2D eigenvalue weighted by Crippen LogP contribution is 2.34. The van der Waals surface area contributed by atoms with E-state index in [1.165, 1.54) is 31.8 Å². The largest absolute Gasteiger partial charge is 0.496 e. The number of nitrogens with two attached hydrogens (primary N) is 1. The van der Waals surface area contributed by atoms with Crippen LogP contribution in [0.4, 0.5) is 10.1 Å². The molecule has 1 amide bonds. The van der Waals surface area contributed by atoms with Crippen LogP contribution in [0.15, 0.2) is 29.1 Å². The topological polar surface area (TPSA) is 90.4 Å². The van der Waals surface area contributed by atoms with Crippen molar-refractivity contribution >= 4 is 11.6 Å². The van der Waals surface area contributed by atoms with Crippen molar-refractivity contribution in [2.75, 3.05) is 19.0 Å². The lowest BCUT2D eigenvalue weighted by Crippen LogP contribution is -2.22. The van der Waals surface area contributed by atoms with Gasteiger partial charge in [0, 0.05) is 6.07 Å². The number of hydrogen-bond acceptors (Lipinski definition) is 5. The first-order chi connectivity index (χ1) is 9.15. The van der Waals surface area contributed by atoms with Gasteiger partial charge in [0.25, 0.3) is 0 Å². The number of nitrogens with zero attached hydrogens (tertiary/aromatic N) is 1. The molecule has 1 heterocycles. The summed E-state index contributed by atoms with van der Waals surface area (Å²) < 4.78 is 24.1. The molecule has 0 aliphatic heterocycles. The van der Waals surface area contributed by atoms with E-state index in [1.54, 1.807) is 0 Å². The van der Waals surface area contributed by atoms with Crippen LogP contribution in [-0.4, -0.2) is 24.5 Å². The summed E-state index contributed by atoms with van der Waals surface area (Å²) in [5.74, 6) is -0.389. The van der Waals surface area contributed by atoms with E-state index < -0.39 is 11.7 Å². The van der Waals surface area contributed by atoms with Gasteiger partial charge in [0.15, 0.2) is 12.2 Å². The Morgan fingerprint density at radius 1 is 1.58 bits per heavy atom. The van der Waals surface area contributed by atoms with Crippen LogP contribution in [-0.2, 0) is 4.79 Å². The van der Waals surface area contributed by atoms with Crippen molar-refractivity contribution in [3.05, 3.63) is 30.5 Å². The Balaban J connectivity index is 2.43. The van der Waals surface area contributed by atoms with Crippen molar-refractivity contribution in [2.24, 2.45) is 5.73 Å². The zero-order valence-electron chi connectivity index (χ0n) is 10.1. The lowest BCUT2D eigenvalue weighted by Gasteiger charge is -2.11. The summed E-state index contributed by atoms with van der Waals surface area (Å²) in [4.78, 5) is 14.9. The molecule has 0 unspecified atom stereocenters. The molecule has 3 N–H and O–H groups in total. The van der Waals surface area contributed by atoms with Crippen LogP contribution in [0.25, 0.3) is 11.3 Å². The zero-order chi connectivity index (χ0) is 13.8. The van der Waals surface area contributed by atoms with Gasteiger partial charge < -0.3 is 20.2 Å². The number of rotatable bonds is 4. The third-order valence-electron chi connectivity index (χ3n) is 2.45. The Bertz CT molecular complexity index is 584. The Kier molecular flexibility index (Phi) is 3.76. The second-order valence-electron chi connectivity index (χ2n) is 3.65.